The molecule has 4 unspecified atom stereocenters. The van der Waals surface area contributed by atoms with Gasteiger partial charge < -0.3 is 64.6 Å². The van der Waals surface area contributed by atoms with E-state index in [0.29, 0.717) is 13.1 Å². The molecule has 0 aliphatic carbocycles. The lowest BCUT2D eigenvalue weighted by Gasteiger charge is -2.47. The fourth-order valence-corrected chi connectivity index (χ4v) is 8.82. The summed E-state index contributed by atoms with van der Waals surface area (Å²) >= 11 is 0. The summed E-state index contributed by atoms with van der Waals surface area (Å²) in [7, 11) is 5.87. The third-order valence-corrected chi connectivity index (χ3v) is 13.1. The fraction of sp³-hybridized carbons (Fsp3) is 0.918. The number of carbonyl (C=O) groups is 4. The van der Waals surface area contributed by atoms with Crippen molar-refractivity contribution in [2.75, 3.05) is 54.7 Å². The zero-order valence-corrected chi connectivity index (χ0v) is 42.5. The van der Waals surface area contributed by atoms with Crippen molar-refractivity contribution in [3.63, 3.8) is 0 Å². The Bertz CT molecular complexity index is 1320. The Labute approximate surface area is 403 Å². The molecule has 18 heteroatoms. The number of unbranched alkanes of at least 4 members (excludes halogenated alkanes) is 18. The first-order chi connectivity index (χ1) is 32.4. The molecule has 4 amide bonds. The highest BCUT2D eigenvalue weighted by atomic mass is 16.7. The van der Waals surface area contributed by atoms with Crippen molar-refractivity contribution in [1.82, 2.24) is 21.3 Å². The van der Waals surface area contributed by atoms with Gasteiger partial charge in [-0.25, -0.2) is 0 Å². The number of carbonyl (C=O) groups excluding carboxylic acids is 4. The van der Waals surface area contributed by atoms with Gasteiger partial charge in [-0.15, -0.1) is 0 Å². The SMILES string of the molecule is CCCCCCCCCCCCNC(=O)CB[C@H](NC(=O)CCC(=O)NCC1O[C@H](O[C@@H]2C(COC)O[C@H](OC)C(OC)[C@H]2O)C(OC)[C@@H](O)[C@@H]1C)C(=O)NCCCCCCCCCCCC. The van der Waals surface area contributed by atoms with Gasteiger partial charge in [0.1, 0.15) is 30.5 Å². The van der Waals surface area contributed by atoms with Crippen molar-refractivity contribution in [2.45, 2.75) is 230 Å². The molecule has 2 rings (SSSR count). The second kappa shape index (κ2) is 37.4. The van der Waals surface area contributed by atoms with Crippen molar-refractivity contribution < 1.29 is 62.5 Å². The quantitative estimate of drug-likeness (QED) is 0.0362. The van der Waals surface area contributed by atoms with Crippen LogP contribution in [0.15, 0.2) is 0 Å². The number of hydrogen-bond donors (Lipinski definition) is 6. The Balaban J connectivity index is 1.91. The summed E-state index contributed by atoms with van der Waals surface area (Å²) in [6.45, 7) is 7.29. The maximum absolute atomic E-state index is 13.4. The number of ether oxygens (including phenoxy) is 7. The van der Waals surface area contributed by atoms with E-state index in [9.17, 15) is 29.4 Å². The maximum atomic E-state index is 13.4. The molecule has 2 saturated heterocycles. The molecule has 17 nitrogen and oxygen atoms in total. The molecule has 0 bridgehead atoms. The van der Waals surface area contributed by atoms with Crippen LogP contribution in [0.25, 0.3) is 0 Å². The molecule has 2 aliphatic rings. The molecule has 0 radical (unpaired) electrons. The summed E-state index contributed by atoms with van der Waals surface area (Å²) in [6, 6.07) is 0. The van der Waals surface area contributed by atoms with Crippen LogP contribution in [0, 0.1) is 5.92 Å². The van der Waals surface area contributed by atoms with Crippen LogP contribution in [0.2, 0.25) is 6.32 Å². The van der Waals surface area contributed by atoms with Gasteiger partial charge in [0.15, 0.2) is 19.9 Å². The van der Waals surface area contributed by atoms with Gasteiger partial charge >= 0.3 is 0 Å². The van der Waals surface area contributed by atoms with Crippen LogP contribution in [-0.4, -0.2) is 157 Å². The highest BCUT2D eigenvalue weighted by Crippen LogP contribution is 2.33. The predicted molar refractivity (Wildman–Crippen MR) is 260 cm³/mol. The summed E-state index contributed by atoms with van der Waals surface area (Å²) in [6.07, 6.45) is 14.8. The van der Waals surface area contributed by atoms with Gasteiger partial charge in [-0.1, -0.05) is 136 Å². The normalized spacial score (nSPS) is 25.6. The molecule has 390 valence electrons. The Kier molecular flexibility index (Phi) is 33.9. The van der Waals surface area contributed by atoms with Gasteiger partial charge in [0.05, 0.1) is 24.8 Å². The van der Waals surface area contributed by atoms with Crippen molar-refractivity contribution in [1.29, 1.82) is 0 Å². The summed E-state index contributed by atoms with van der Waals surface area (Å²) in [4.78, 5) is 52.5. The van der Waals surface area contributed by atoms with Gasteiger partial charge in [-0.2, -0.15) is 0 Å². The zero-order chi connectivity index (χ0) is 49.2. The Hall–Kier alpha value is -2.42. The number of nitrogens with one attached hydrogen (secondary N) is 4. The average Bonchev–Trinajstić information content (AvgIpc) is 3.32. The van der Waals surface area contributed by atoms with Crippen LogP contribution in [0.5, 0.6) is 0 Å². The van der Waals surface area contributed by atoms with Crippen LogP contribution in [0.4, 0.5) is 0 Å². The minimum Gasteiger partial charge on any atom is -0.390 e. The lowest BCUT2D eigenvalue weighted by molar-refractivity contribution is -0.355. The first kappa shape index (κ1) is 60.7. The summed E-state index contributed by atoms with van der Waals surface area (Å²) in [5, 5.41) is 34.0. The largest absolute Gasteiger partial charge is 0.390 e. The van der Waals surface area contributed by atoms with Crippen molar-refractivity contribution in [3.05, 3.63) is 0 Å². The number of rotatable bonds is 39. The van der Waals surface area contributed by atoms with E-state index in [4.69, 9.17) is 33.2 Å². The van der Waals surface area contributed by atoms with E-state index in [2.05, 4.69) is 35.1 Å². The van der Waals surface area contributed by atoms with Gasteiger partial charge in [-0.05, 0) is 12.8 Å². The first-order valence-electron chi connectivity index (χ1n) is 26.0. The predicted octanol–water partition coefficient (Wildman–Crippen LogP) is 4.77. The minimum atomic E-state index is -1.22. The van der Waals surface area contributed by atoms with Crippen LogP contribution in [-0.2, 0) is 52.3 Å². The second-order valence-corrected chi connectivity index (χ2v) is 18.6. The molecule has 11 atom stereocenters. The van der Waals surface area contributed by atoms with Crippen molar-refractivity contribution in [2.24, 2.45) is 5.92 Å². The Morgan fingerprint density at radius 3 is 1.58 bits per heavy atom. The number of hydrogen-bond acceptors (Lipinski definition) is 13. The average molecular weight is 957 g/mol. The van der Waals surface area contributed by atoms with Gasteiger partial charge in [0.2, 0.25) is 23.6 Å². The van der Waals surface area contributed by atoms with Gasteiger partial charge in [0.25, 0.3) is 0 Å². The molecular weight excluding hydrogens is 863 g/mol. The molecule has 0 aromatic rings. The molecule has 0 saturated carbocycles. The molecule has 6 N–H and O–H groups in total. The standard InChI is InChI=1S/C49H93BN4O13/c1-8-10-12-14-16-18-20-22-24-26-30-51-40(57)32-50-46(47(60)52-31-27-25-23-21-19-17-15-13-11-9-2)54-39(56)29-28-38(55)53-33-36-35(3)41(58)44(62-5)49(65-36)67-43-37(34-61-4)66-48(64-7)45(63-6)42(43)59/h35-37,41-46,48-50,58-59H,8-34H2,1-7H3,(H,51,57)(H,52,60)(H,53,55)(H,54,56)/t35-,36?,37?,41+,42+,43-,44?,45?,46-,48+,49-/m1/s1. The molecule has 0 spiro atoms. The van der Waals surface area contributed by atoms with E-state index in [-0.39, 0.29) is 51.4 Å². The minimum absolute atomic E-state index is 0.0230. The third kappa shape index (κ3) is 24.3. The smallest absolute Gasteiger partial charge is 0.234 e. The number of amides is 4. The van der Waals surface area contributed by atoms with Gasteiger partial charge in [0, 0.05) is 73.2 Å². The second-order valence-electron chi connectivity index (χ2n) is 18.6. The van der Waals surface area contributed by atoms with E-state index < -0.39 is 79.0 Å². The van der Waals surface area contributed by atoms with E-state index in [1.807, 2.05) is 0 Å². The molecule has 0 aromatic heterocycles. The Morgan fingerprint density at radius 1 is 0.567 bits per heavy atom. The van der Waals surface area contributed by atoms with E-state index in [1.165, 1.54) is 118 Å². The molecule has 2 fully saturated rings. The van der Waals surface area contributed by atoms with Crippen LogP contribution < -0.4 is 21.3 Å². The van der Waals surface area contributed by atoms with Crippen LogP contribution >= 0.6 is 0 Å². The topological polar surface area (TPSA) is 221 Å². The molecule has 2 heterocycles. The van der Waals surface area contributed by atoms with Crippen LogP contribution in [0.1, 0.15) is 162 Å². The van der Waals surface area contributed by atoms with Crippen molar-refractivity contribution >= 4 is 30.9 Å². The zero-order valence-electron chi connectivity index (χ0n) is 42.5. The highest BCUT2D eigenvalue weighted by molar-refractivity contribution is 6.49. The number of aliphatic hydroxyl groups is 2. The fourth-order valence-electron chi connectivity index (χ4n) is 8.82. The Morgan fingerprint density at radius 2 is 1.06 bits per heavy atom. The lowest BCUT2D eigenvalue weighted by atomic mass is 9.65. The summed E-state index contributed by atoms with van der Waals surface area (Å²) in [5.41, 5.74) is 0. The first-order valence-corrected chi connectivity index (χ1v) is 26.0. The monoisotopic (exact) mass is 957 g/mol. The summed E-state index contributed by atoms with van der Waals surface area (Å²) in [5.74, 6) is -2.87. The summed E-state index contributed by atoms with van der Waals surface area (Å²) < 4.78 is 40.2. The van der Waals surface area contributed by atoms with Crippen molar-refractivity contribution in [3.8, 4) is 0 Å². The molecule has 2 aliphatic heterocycles. The molecule has 0 aromatic carbocycles. The lowest BCUT2D eigenvalue weighted by Crippen LogP contribution is -2.64. The van der Waals surface area contributed by atoms with Gasteiger partial charge in [-0.3, -0.25) is 19.2 Å². The number of aliphatic hydroxyl groups excluding tert-OH is 2. The number of methoxy groups -OCH3 is 4. The van der Waals surface area contributed by atoms with E-state index in [1.54, 1.807) is 6.92 Å². The van der Waals surface area contributed by atoms with E-state index in [0.717, 1.165) is 38.5 Å². The highest BCUT2D eigenvalue weighted by Gasteiger charge is 2.51. The maximum Gasteiger partial charge on any atom is 0.234 e. The van der Waals surface area contributed by atoms with Crippen LogP contribution in [0.3, 0.4) is 0 Å². The molecular formula is C49H93BN4O13. The third-order valence-electron chi connectivity index (χ3n) is 13.1. The molecule has 67 heavy (non-hydrogen) atoms. The van der Waals surface area contributed by atoms with E-state index >= 15 is 0 Å².